The Balaban J connectivity index is 1.65. The minimum absolute atomic E-state index is 0.0405. The largest absolute Gasteiger partial charge is 0.359 e. The van der Waals surface area contributed by atoms with Gasteiger partial charge in [-0.1, -0.05) is 60.7 Å². The van der Waals surface area contributed by atoms with Crippen LogP contribution in [-0.2, 0) is 9.53 Å². The summed E-state index contributed by atoms with van der Waals surface area (Å²) in [6.07, 6.45) is 2.22. The Morgan fingerprint density at radius 2 is 1.57 bits per heavy atom. The molecule has 0 heterocycles. The molecule has 0 radical (unpaired) electrons. The summed E-state index contributed by atoms with van der Waals surface area (Å²) >= 11 is 0. The van der Waals surface area contributed by atoms with Gasteiger partial charge in [0, 0.05) is 6.04 Å². The third kappa shape index (κ3) is 4.42. The molecule has 0 spiro atoms. The lowest BCUT2D eigenvalue weighted by atomic mass is 10.0. The molecule has 1 unspecified atom stereocenters. The molecule has 3 nitrogen and oxygen atoms in total. The van der Waals surface area contributed by atoms with Crippen molar-refractivity contribution >= 4 is 5.91 Å². The third-order valence-electron chi connectivity index (χ3n) is 4.30. The predicted octanol–water partition coefficient (Wildman–Crippen LogP) is 3.71. The Bertz CT molecular complexity index is 583. The molecule has 2 aromatic rings. The summed E-state index contributed by atoms with van der Waals surface area (Å²) in [5.74, 6) is 0.610. The van der Waals surface area contributed by atoms with Gasteiger partial charge in [0.25, 0.3) is 0 Å². The first-order valence-corrected chi connectivity index (χ1v) is 8.25. The maximum atomic E-state index is 12.1. The molecule has 1 amide bonds. The van der Waals surface area contributed by atoms with Crippen LogP contribution in [0.2, 0.25) is 0 Å². The summed E-state index contributed by atoms with van der Waals surface area (Å²) in [6, 6.07) is 20.3. The number of carbonyl (C=O) groups excluding carboxylic acids is 1. The fraction of sp³-hybridized carbons (Fsp3) is 0.350. The van der Waals surface area contributed by atoms with E-state index in [-0.39, 0.29) is 24.7 Å². The minimum atomic E-state index is -0.223. The van der Waals surface area contributed by atoms with Gasteiger partial charge in [-0.3, -0.25) is 4.79 Å². The number of hydrogen-bond acceptors (Lipinski definition) is 2. The van der Waals surface area contributed by atoms with E-state index < -0.39 is 0 Å². The molecule has 1 N–H and O–H groups in total. The number of hydrogen-bond donors (Lipinski definition) is 1. The van der Waals surface area contributed by atoms with E-state index in [9.17, 15) is 4.79 Å². The highest BCUT2D eigenvalue weighted by molar-refractivity contribution is 5.77. The molecule has 23 heavy (non-hydrogen) atoms. The molecule has 3 heteroatoms. The molecule has 0 aromatic heterocycles. The fourth-order valence-electron chi connectivity index (χ4n) is 2.81. The third-order valence-corrected chi connectivity index (χ3v) is 4.30. The van der Waals surface area contributed by atoms with Crippen LogP contribution in [-0.4, -0.2) is 18.6 Å². The van der Waals surface area contributed by atoms with Crippen LogP contribution in [0.4, 0.5) is 0 Å². The lowest BCUT2D eigenvalue weighted by Gasteiger charge is -2.20. The van der Waals surface area contributed by atoms with E-state index in [4.69, 9.17) is 4.74 Å². The monoisotopic (exact) mass is 309 g/mol. The lowest BCUT2D eigenvalue weighted by molar-refractivity contribution is -0.127. The minimum Gasteiger partial charge on any atom is -0.359 e. The zero-order valence-corrected chi connectivity index (χ0v) is 13.4. The summed E-state index contributed by atoms with van der Waals surface area (Å²) in [4.78, 5) is 12.1. The van der Waals surface area contributed by atoms with E-state index in [1.54, 1.807) is 0 Å². The topological polar surface area (TPSA) is 38.3 Å². The second-order valence-electron chi connectivity index (χ2n) is 6.21. The number of ether oxygens (including phenoxy) is 1. The van der Waals surface area contributed by atoms with Gasteiger partial charge in [-0.15, -0.1) is 0 Å². The van der Waals surface area contributed by atoms with Gasteiger partial charge in [0.15, 0.2) is 0 Å². The maximum absolute atomic E-state index is 12.1. The summed E-state index contributed by atoms with van der Waals surface area (Å²) in [6.45, 7) is 2.15. The van der Waals surface area contributed by atoms with Gasteiger partial charge in [0.1, 0.15) is 12.7 Å². The molecular weight excluding hydrogens is 286 g/mol. The Kier molecular flexibility index (Phi) is 5.09. The van der Waals surface area contributed by atoms with Crippen LogP contribution in [0.15, 0.2) is 60.7 Å². The lowest BCUT2D eigenvalue weighted by Crippen LogP contribution is -2.36. The van der Waals surface area contributed by atoms with Crippen molar-refractivity contribution in [1.82, 2.24) is 5.32 Å². The van der Waals surface area contributed by atoms with Gasteiger partial charge in [-0.05, 0) is 36.8 Å². The molecule has 0 saturated heterocycles. The highest BCUT2D eigenvalue weighted by Crippen LogP contribution is 2.32. The van der Waals surface area contributed by atoms with Crippen LogP contribution in [0.5, 0.6) is 0 Å². The van der Waals surface area contributed by atoms with Crippen LogP contribution in [0.25, 0.3) is 0 Å². The predicted molar refractivity (Wildman–Crippen MR) is 91.0 cm³/mol. The first-order chi connectivity index (χ1) is 11.2. The summed E-state index contributed by atoms with van der Waals surface area (Å²) < 4.78 is 5.97. The van der Waals surface area contributed by atoms with Gasteiger partial charge in [-0.2, -0.15) is 0 Å². The molecule has 120 valence electrons. The highest BCUT2D eigenvalue weighted by Gasteiger charge is 2.29. The molecule has 2 aromatic carbocycles. The van der Waals surface area contributed by atoms with Crippen molar-refractivity contribution in [3.05, 3.63) is 71.8 Å². The quantitative estimate of drug-likeness (QED) is 0.847. The summed E-state index contributed by atoms with van der Waals surface area (Å²) in [7, 11) is 0. The van der Waals surface area contributed by atoms with Crippen molar-refractivity contribution in [3.8, 4) is 0 Å². The molecule has 1 aliphatic rings. The molecule has 1 aliphatic carbocycles. The van der Waals surface area contributed by atoms with E-state index in [0.717, 1.165) is 11.1 Å². The molecular formula is C20H23NO2. The molecule has 1 atom stereocenters. The average Bonchev–Trinajstić information content (AvgIpc) is 3.42. The number of benzene rings is 2. The smallest absolute Gasteiger partial charge is 0.246 e. The Morgan fingerprint density at radius 1 is 1.04 bits per heavy atom. The van der Waals surface area contributed by atoms with Crippen molar-refractivity contribution in [3.63, 3.8) is 0 Å². The van der Waals surface area contributed by atoms with Gasteiger partial charge in [0.05, 0.1) is 0 Å². The number of carbonyl (C=O) groups is 1. The molecule has 0 bridgehead atoms. The summed E-state index contributed by atoms with van der Waals surface area (Å²) in [5, 5.41) is 3.04. The second-order valence-corrected chi connectivity index (χ2v) is 6.21. The van der Waals surface area contributed by atoms with Gasteiger partial charge >= 0.3 is 0 Å². The molecule has 3 rings (SSSR count). The first kappa shape index (κ1) is 15.8. The Morgan fingerprint density at radius 3 is 2.04 bits per heavy atom. The second kappa shape index (κ2) is 7.42. The Hall–Kier alpha value is -2.13. The first-order valence-electron chi connectivity index (χ1n) is 8.25. The van der Waals surface area contributed by atoms with E-state index in [1.165, 1.54) is 12.8 Å². The standard InChI is InChI=1S/C20H23NO2/c1-15(16-12-13-16)21-19(22)14-23-20(17-8-4-2-5-9-17)18-10-6-3-7-11-18/h2-11,15-16,20H,12-14H2,1H3,(H,21,22). The number of amides is 1. The zero-order valence-electron chi connectivity index (χ0n) is 13.4. The molecule has 1 saturated carbocycles. The van der Waals surface area contributed by atoms with E-state index >= 15 is 0 Å². The SMILES string of the molecule is CC(NC(=O)COC(c1ccccc1)c1ccccc1)C1CC1. The Labute approximate surface area is 137 Å². The van der Waals surface area contributed by atoms with Crippen molar-refractivity contribution in [2.45, 2.75) is 31.9 Å². The van der Waals surface area contributed by atoms with Gasteiger partial charge in [0.2, 0.25) is 5.91 Å². The molecule has 1 fully saturated rings. The highest BCUT2D eigenvalue weighted by atomic mass is 16.5. The average molecular weight is 309 g/mol. The van der Waals surface area contributed by atoms with E-state index in [1.807, 2.05) is 60.7 Å². The van der Waals surface area contributed by atoms with E-state index in [0.29, 0.717) is 5.92 Å². The number of rotatable bonds is 7. The van der Waals surface area contributed by atoms with Crippen molar-refractivity contribution in [2.75, 3.05) is 6.61 Å². The van der Waals surface area contributed by atoms with Crippen molar-refractivity contribution in [2.24, 2.45) is 5.92 Å². The zero-order chi connectivity index (χ0) is 16.1. The van der Waals surface area contributed by atoms with Crippen LogP contribution in [0.1, 0.15) is 37.0 Å². The summed E-state index contributed by atoms with van der Waals surface area (Å²) in [5.41, 5.74) is 2.11. The van der Waals surface area contributed by atoms with E-state index in [2.05, 4.69) is 12.2 Å². The van der Waals surface area contributed by atoms with Crippen LogP contribution in [0, 0.1) is 5.92 Å². The maximum Gasteiger partial charge on any atom is 0.246 e. The van der Waals surface area contributed by atoms with Crippen LogP contribution >= 0.6 is 0 Å². The number of nitrogens with one attached hydrogen (secondary N) is 1. The normalized spacial score (nSPS) is 15.4. The van der Waals surface area contributed by atoms with Crippen molar-refractivity contribution < 1.29 is 9.53 Å². The van der Waals surface area contributed by atoms with Gasteiger partial charge < -0.3 is 10.1 Å². The van der Waals surface area contributed by atoms with Crippen LogP contribution in [0.3, 0.4) is 0 Å². The van der Waals surface area contributed by atoms with Crippen molar-refractivity contribution in [1.29, 1.82) is 0 Å². The van der Waals surface area contributed by atoms with Gasteiger partial charge in [-0.25, -0.2) is 0 Å². The van der Waals surface area contributed by atoms with Crippen LogP contribution < -0.4 is 5.32 Å². The molecule has 0 aliphatic heterocycles. The fourth-order valence-corrected chi connectivity index (χ4v) is 2.81.